The van der Waals surface area contributed by atoms with Gasteiger partial charge < -0.3 is 19.7 Å². The predicted octanol–water partition coefficient (Wildman–Crippen LogP) is 2.17. The van der Waals surface area contributed by atoms with E-state index in [2.05, 4.69) is 5.32 Å². The second-order valence-corrected chi connectivity index (χ2v) is 10.9. The van der Waals surface area contributed by atoms with Crippen LogP contribution in [0.4, 0.5) is 0 Å². The summed E-state index contributed by atoms with van der Waals surface area (Å²) in [6.07, 6.45) is 2.89. The van der Waals surface area contributed by atoms with Crippen LogP contribution in [0.25, 0.3) is 0 Å². The molecule has 2 aromatic carbocycles. The minimum absolute atomic E-state index is 0.0292. The predicted molar refractivity (Wildman–Crippen MR) is 137 cm³/mol. The zero-order valence-electron chi connectivity index (χ0n) is 21.1. The first-order valence-electron chi connectivity index (χ1n) is 12.0. The molecule has 36 heavy (non-hydrogen) atoms. The summed E-state index contributed by atoms with van der Waals surface area (Å²) >= 11 is 0. The second kappa shape index (κ2) is 12.8. The van der Waals surface area contributed by atoms with Crippen molar-refractivity contribution in [3.05, 3.63) is 65.7 Å². The number of amides is 2. The van der Waals surface area contributed by atoms with Crippen LogP contribution in [-0.4, -0.2) is 74.6 Å². The minimum Gasteiger partial charge on any atom is -0.497 e. The third kappa shape index (κ3) is 8.04. The van der Waals surface area contributed by atoms with E-state index in [-0.39, 0.29) is 31.6 Å². The molecular weight excluding hydrogens is 482 g/mol. The Morgan fingerprint density at radius 1 is 1.08 bits per heavy atom. The van der Waals surface area contributed by atoms with Gasteiger partial charge in [-0.25, -0.2) is 8.42 Å². The van der Waals surface area contributed by atoms with Crippen molar-refractivity contribution in [1.82, 2.24) is 14.5 Å². The highest BCUT2D eigenvalue weighted by molar-refractivity contribution is 7.88. The van der Waals surface area contributed by atoms with Crippen LogP contribution in [0.15, 0.2) is 54.6 Å². The van der Waals surface area contributed by atoms with Crippen LogP contribution in [0.3, 0.4) is 0 Å². The van der Waals surface area contributed by atoms with Crippen molar-refractivity contribution in [2.24, 2.45) is 0 Å². The lowest BCUT2D eigenvalue weighted by Crippen LogP contribution is -2.51. The summed E-state index contributed by atoms with van der Waals surface area (Å²) in [4.78, 5) is 27.9. The third-order valence-electron chi connectivity index (χ3n) is 6.19. The smallest absolute Gasteiger partial charge is 0.242 e. The molecule has 1 saturated heterocycles. The van der Waals surface area contributed by atoms with Gasteiger partial charge in [0.2, 0.25) is 21.8 Å². The van der Waals surface area contributed by atoms with Crippen molar-refractivity contribution in [2.75, 3.05) is 33.1 Å². The summed E-state index contributed by atoms with van der Waals surface area (Å²) in [6, 6.07) is 15.4. The van der Waals surface area contributed by atoms with E-state index >= 15 is 0 Å². The molecular formula is C26H35N3O6S. The Morgan fingerprint density at radius 2 is 1.75 bits per heavy atom. The summed E-state index contributed by atoms with van der Waals surface area (Å²) < 4.78 is 37.0. The number of ether oxygens (including phenoxy) is 2. The number of hydrogen-bond acceptors (Lipinski definition) is 6. The lowest BCUT2D eigenvalue weighted by molar-refractivity contribution is -0.141. The standard InChI is InChI=1S/C26H35N3O6S/c1-20(26(31)27-16-24-10-7-15-35-24)29(18-22-11-13-23(34-2)14-12-22)25(30)19-28(36(3,32)33)17-21-8-5-4-6-9-21/h4-6,8-9,11-14,20,24H,7,10,15-19H2,1-3H3,(H,27,31). The number of methoxy groups -OCH3 is 1. The molecule has 0 aliphatic carbocycles. The first-order valence-corrected chi connectivity index (χ1v) is 13.8. The summed E-state index contributed by atoms with van der Waals surface area (Å²) in [5, 5.41) is 2.88. The molecule has 1 N–H and O–H groups in total. The van der Waals surface area contributed by atoms with Crippen LogP contribution in [0.2, 0.25) is 0 Å². The highest BCUT2D eigenvalue weighted by atomic mass is 32.2. The zero-order valence-corrected chi connectivity index (χ0v) is 21.9. The van der Waals surface area contributed by atoms with E-state index in [9.17, 15) is 18.0 Å². The number of nitrogens with one attached hydrogen (secondary N) is 1. The maximum absolute atomic E-state index is 13.5. The van der Waals surface area contributed by atoms with E-state index in [1.165, 1.54) is 4.90 Å². The van der Waals surface area contributed by atoms with Crippen molar-refractivity contribution in [3.63, 3.8) is 0 Å². The first-order chi connectivity index (χ1) is 17.2. The maximum Gasteiger partial charge on any atom is 0.242 e. The topological polar surface area (TPSA) is 105 Å². The Morgan fingerprint density at radius 3 is 2.33 bits per heavy atom. The largest absolute Gasteiger partial charge is 0.497 e. The molecule has 1 aliphatic heterocycles. The number of hydrogen-bond donors (Lipinski definition) is 1. The van der Waals surface area contributed by atoms with Crippen molar-refractivity contribution < 1.29 is 27.5 Å². The summed E-state index contributed by atoms with van der Waals surface area (Å²) in [6.45, 7) is 2.52. The number of benzene rings is 2. The molecule has 0 bridgehead atoms. The van der Waals surface area contributed by atoms with Crippen molar-refractivity contribution >= 4 is 21.8 Å². The van der Waals surface area contributed by atoms with Gasteiger partial charge in [0.15, 0.2) is 0 Å². The molecule has 10 heteroatoms. The molecule has 2 unspecified atom stereocenters. The molecule has 3 rings (SSSR count). The Balaban J connectivity index is 1.78. The van der Waals surface area contributed by atoms with Gasteiger partial charge in [-0.05, 0) is 43.0 Å². The lowest BCUT2D eigenvalue weighted by atomic mass is 10.1. The van der Waals surface area contributed by atoms with Crippen LogP contribution in [-0.2, 0) is 37.4 Å². The highest BCUT2D eigenvalue weighted by Gasteiger charge is 2.30. The molecule has 196 valence electrons. The van der Waals surface area contributed by atoms with Crippen LogP contribution in [0, 0.1) is 0 Å². The fourth-order valence-electron chi connectivity index (χ4n) is 4.00. The second-order valence-electron chi connectivity index (χ2n) is 8.94. The number of sulfonamides is 1. The third-order valence-corrected chi connectivity index (χ3v) is 7.39. The molecule has 9 nitrogen and oxygen atoms in total. The average Bonchev–Trinajstić information content (AvgIpc) is 3.39. The van der Waals surface area contributed by atoms with E-state index in [0.29, 0.717) is 18.9 Å². The van der Waals surface area contributed by atoms with Crippen LogP contribution >= 0.6 is 0 Å². The Bertz CT molecular complexity index is 1100. The Hall–Kier alpha value is -2.95. The van der Waals surface area contributed by atoms with E-state index < -0.39 is 22.0 Å². The van der Waals surface area contributed by atoms with Crippen LogP contribution in [0.5, 0.6) is 5.75 Å². The minimum atomic E-state index is -3.69. The van der Waals surface area contributed by atoms with Crippen LogP contribution in [0.1, 0.15) is 30.9 Å². The van der Waals surface area contributed by atoms with Gasteiger partial charge in [0.05, 0.1) is 26.0 Å². The van der Waals surface area contributed by atoms with E-state index in [4.69, 9.17) is 9.47 Å². The molecule has 1 aliphatic rings. The fourth-order valence-corrected chi connectivity index (χ4v) is 4.73. The Kier molecular flexibility index (Phi) is 9.86. The molecule has 2 atom stereocenters. The van der Waals surface area contributed by atoms with Crippen molar-refractivity contribution in [2.45, 2.75) is 45.0 Å². The van der Waals surface area contributed by atoms with E-state index in [1.54, 1.807) is 38.3 Å². The molecule has 0 saturated carbocycles. The van der Waals surface area contributed by atoms with Gasteiger partial charge in [0.1, 0.15) is 11.8 Å². The first kappa shape index (κ1) is 27.6. The quantitative estimate of drug-likeness (QED) is 0.463. The van der Waals surface area contributed by atoms with Gasteiger partial charge in [0, 0.05) is 26.2 Å². The van der Waals surface area contributed by atoms with Gasteiger partial charge in [-0.1, -0.05) is 42.5 Å². The molecule has 0 radical (unpaired) electrons. The molecule has 2 amide bonds. The Labute approximate surface area is 213 Å². The lowest BCUT2D eigenvalue weighted by Gasteiger charge is -2.31. The van der Waals surface area contributed by atoms with Crippen molar-refractivity contribution in [3.8, 4) is 5.75 Å². The molecule has 1 heterocycles. The number of nitrogens with zero attached hydrogens (tertiary/aromatic N) is 2. The molecule has 1 fully saturated rings. The normalized spacial score (nSPS) is 16.5. The van der Waals surface area contributed by atoms with Gasteiger partial charge in [-0.2, -0.15) is 4.31 Å². The summed E-state index contributed by atoms with van der Waals surface area (Å²) in [7, 11) is -2.12. The van der Waals surface area contributed by atoms with Crippen LogP contribution < -0.4 is 10.1 Å². The van der Waals surface area contributed by atoms with Gasteiger partial charge in [-0.15, -0.1) is 0 Å². The van der Waals surface area contributed by atoms with Gasteiger partial charge in [0.25, 0.3) is 0 Å². The number of carbonyl (C=O) groups is 2. The fraction of sp³-hybridized carbons (Fsp3) is 0.462. The monoisotopic (exact) mass is 517 g/mol. The summed E-state index contributed by atoms with van der Waals surface area (Å²) in [5.41, 5.74) is 1.55. The number of rotatable bonds is 12. The molecule has 2 aromatic rings. The maximum atomic E-state index is 13.5. The molecule has 0 aromatic heterocycles. The SMILES string of the molecule is COc1ccc(CN(C(=O)CN(Cc2ccccc2)S(C)(=O)=O)C(C)C(=O)NCC2CCCO2)cc1. The molecule has 0 spiro atoms. The highest BCUT2D eigenvalue weighted by Crippen LogP contribution is 2.17. The van der Waals surface area contributed by atoms with E-state index in [1.807, 2.05) is 30.3 Å². The van der Waals surface area contributed by atoms with Gasteiger partial charge in [-0.3, -0.25) is 9.59 Å². The van der Waals surface area contributed by atoms with E-state index in [0.717, 1.165) is 34.5 Å². The zero-order chi connectivity index (χ0) is 26.1. The average molecular weight is 518 g/mol. The number of carbonyl (C=O) groups excluding carboxylic acids is 2. The van der Waals surface area contributed by atoms with Crippen molar-refractivity contribution in [1.29, 1.82) is 0 Å². The summed E-state index contributed by atoms with van der Waals surface area (Å²) in [5.74, 6) is -0.113. The van der Waals surface area contributed by atoms with Gasteiger partial charge >= 0.3 is 0 Å².